The fourth-order valence-corrected chi connectivity index (χ4v) is 25.1. The van der Waals surface area contributed by atoms with Crippen molar-refractivity contribution in [1.82, 2.24) is 0 Å². The molecular weight excluding hydrogens is 1430 g/mol. The summed E-state index contributed by atoms with van der Waals surface area (Å²) >= 11 is 7.94. The summed E-state index contributed by atoms with van der Waals surface area (Å²) in [5.41, 5.74) is 18.4. The molecule has 0 amide bonds. The molecule has 0 N–H and O–H groups in total. The third-order valence-electron chi connectivity index (χ3n) is 22.0. The quantitative estimate of drug-likeness (QED) is 0.0894. The van der Waals surface area contributed by atoms with Gasteiger partial charge >= 0.3 is 0 Å². The van der Waals surface area contributed by atoms with Gasteiger partial charge in [0.2, 0.25) is 0 Å². The minimum absolute atomic E-state index is 0.122. The molecule has 0 bridgehead atoms. The third kappa shape index (κ3) is 15.2. The van der Waals surface area contributed by atoms with Gasteiger partial charge in [0, 0.05) is 62.0 Å². The molecule has 106 heavy (non-hydrogen) atoms. The van der Waals surface area contributed by atoms with Crippen molar-refractivity contribution in [3.05, 3.63) is 248 Å². The molecule has 0 atom stereocenters. The normalized spacial score (nSPS) is 13.5. The lowest BCUT2D eigenvalue weighted by Gasteiger charge is -2.45. The highest BCUT2D eigenvalue weighted by molar-refractivity contribution is 7.02. The van der Waals surface area contributed by atoms with Gasteiger partial charge < -0.3 is 19.6 Å². The Bertz CT molecular complexity index is 5120. The van der Waals surface area contributed by atoms with Crippen LogP contribution in [0, 0.1) is 0 Å². The van der Waals surface area contributed by atoms with E-state index in [4.69, 9.17) is 11.6 Å². The fourth-order valence-electron chi connectivity index (χ4n) is 15.4. The molecule has 2 aliphatic heterocycles. The molecule has 0 aliphatic carbocycles. The van der Waals surface area contributed by atoms with Crippen molar-refractivity contribution < 1.29 is 0 Å². The van der Waals surface area contributed by atoms with Crippen LogP contribution in [0.25, 0.3) is 21.5 Å². The molecule has 12 aromatic rings. The molecule has 14 rings (SSSR count). The number of fused-ring (bicyclic) bond motifs is 7. The van der Waals surface area contributed by atoms with Crippen LogP contribution in [0.1, 0.15) is 0 Å². The van der Waals surface area contributed by atoms with Gasteiger partial charge in [0.15, 0.2) is 0 Å². The van der Waals surface area contributed by atoms with Crippen molar-refractivity contribution in [3.8, 4) is 0 Å². The maximum atomic E-state index is 7.94. The molecule has 14 heteroatoms. The summed E-state index contributed by atoms with van der Waals surface area (Å²) in [6.45, 7) is 58.6. The molecule has 0 fully saturated rings. The molecule has 0 aromatic heterocycles. The van der Waals surface area contributed by atoms with Gasteiger partial charge in [-0.3, -0.25) is 0 Å². The first-order chi connectivity index (χ1) is 49.6. The van der Waals surface area contributed by atoms with Crippen molar-refractivity contribution in [2.24, 2.45) is 0 Å². The highest BCUT2D eigenvalue weighted by atomic mass is 35.5. The summed E-state index contributed by atoms with van der Waals surface area (Å²) in [6, 6.07) is 93.7. The van der Waals surface area contributed by atoms with Crippen LogP contribution >= 0.6 is 11.6 Å². The Kier molecular flexibility index (Phi) is 20.4. The molecular formula is C92H112BClN4Si8. The van der Waals surface area contributed by atoms with Crippen LogP contribution in [-0.2, 0) is 0 Å². The highest BCUT2D eigenvalue weighted by Gasteiger charge is 2.46. The summed E-state index contributed by atoms with van der Waals surface area (Å²) in [7, 11) is -12.2. The predicted molar refractivity (Wildman–Crippen MR) is 500 cm³/mol. The van der Waals surface area contributed by atoms with Crippen molar-refractivity contribution in [2.45, 2.75) is 157 Å². The summed E-state index contributed by atoms with van der Waals surface area (Å²) in [5, 5.41) is 17.3. The lowest BCUT2D eigenvalue weighted by atomic mass is 9.33. The average molecular weight is 1540 g/mol. The second-order valence-electron chi connectivity index (χ2n) is 38.3. The number of hydrogen-bond donors (Lipinski definition) is 0. The summed E-state index contributed by atoms with van der Waals surface area (Å²) < 4.78 is 0. The SMILES string of the molecule is C[Si](C)(C)c1ccc(N(c2ccc([Si](C)(C)C)cc2)c2cc3ccccc3c(N(c3ccc([Si](C)(C)C)cc3)c3ccc([Si](C)(C)C)cc3)c2Cl)cc1.C[Si](C)(C)c1ccc(N2c3ccc([Si](C)(C)C)cc3B3c4cc([Si](C)(C)C)ccc4N(c4ccc([Si](C)(C)C)cc4)c4c3c2cc2ccccc42)cc1. The Morgan fingerprint density at radius 1 is 0.274 bits per heavy atom. The van der Waals surface area contributed by atoms with E-state index in [2.05, 4.69) is 419 Å². The monoisotopic (exact) mass is 1540 g/mol. The standard InChI is InChI=1S/C46H55BN2Si4.C46H57ClN2Si4/c1-50(2,3)35-21-17-33(18-22-35)48-42-27-25-37(52(7,8)9)30-40(42)47-41-31-38(53(10,11)12)26-28-43(41)49(34-19-23-36(24-20-34)51(4,5)6)46-39-16-14-13-15-32(39)29-44(48)45(46)47;1-50(2,3)39-25-17-35(18-26-39)48(36-19-27-40(28-20-36)51(4,5)6)44-33-34-15-13-14-16-43(34)46(45(44)47)49(37-21-29-41(30-22-37)52(7,8)9)38-23-31-42(32-24-38)53(10,11)12/h13-31H,1-12H3;13-33H,1-12H3. The number of halogens is 1. The molecule has 542 valence electrons. The van der Waals surface area contributed by atoms with Crippen molar-refractivity contribution >= 4 is 231 Å². The first-order valence-corrected chi connectivity index (χ1v) is 66.8. The van der Waals surface area contributed by atoms with Gasteiger partial charge in [0.25, 0.3) is 6.71 Å². The second-order valence-corrected chi connectivity index (χ2v) is 79.3. The summed E-state index contributed by atoms with van der Waals surface area (Å²) in [5.74, 6) is 0. The van der Waals surface area contributed by atoms with Gasteiger partial charge in [0.05, 0.1) is 86.7 Å². The first kappa shape index (κ1) is 76.6. The van der Waals surface area contributed by atoms with Crippen molar-refractivity contribution in [1.29, 1.82) is 0 Å². The van der Waals surface area contributed by atoms with Crippen LogP contribution < -0.4 is 77.5 Å². The molecule has 2 aliphatic rings. The largest absolute Gasteiger partial charge is 0.311 e. The Morgan fingerprint density at radius 3 is 0.925 bits per heavy atom. The summed E-state index contributed by atoms with van der Waals surface area (Å²) in [6.07, 6.45) is 0. The van der Waals surface area contributed by atoms with E-state index in [1.165, 1.54) is 103 Å². The van der Waals surface area contributed by atoms with Gasteiger partial charge in [-0.1, -0.05) is 356 Å². The molecule has 0 radical (unpaired) electrons. The number of benzene rings is 12. The summed E-state index contributed by atoms with van der Waals surface area (Å²) in [4.78, 5) is 9.96. The maximum absolute atomic E-state index is 7.94. The Balaban J connectivity index is 0.000000188. The molecule has 0 spiro atoms. The van der Waals surface area contributed by atoms with Crippen LogP contribution in [-0.4, -0.2) is 71.3 Å². The number of hydrogen-bond acceptors (Lipinski definition) is 4. The van der Waals surface area contributed by atoms with Gasteiger partial charge in [-0.2, -0.15) is 0 Å². The van der Waals surface area contributed by atoms with E-state index in [-0.39, 0.29) is 6.71 Å². The maximum Gasteiger partial charge on any atom is 0.252 e. The predicted octanol–water partition coefficient (Wildman–Crippen LogP) is 21.7. The lowest BCUT2D eigenvalue weighted by Crippen LogP contribution is -2.63. The Hall–Kier alpha value is -7.55. The Labute approximate surface area is 649 Å². The van der Waals surface area contributed by atoms with E-state index < -0.39 is 64.6 Å². The zero-order valence-electron chi connectivity index (χ0n) is 67.8. The third-order valence-corrected chi connectivity index (χ3v) is 38.9. The molecule has 0 unspecified atom stereocenters. The van der Waals surface area contributed by atoms with Gasteiger partial charge in [-0.25, -0.2) is 0 Å². The van der Waals surface area contributed by atoms with Gasteiger partial charge in [-0.15, -0.1) is 0 Å². The van der Waals surface area contributed by atoms with Crippen LogP contribution in [0.2, 0.25) is 162 Å². The smallest absolute Gasteiger partial charge is 0.252 e. The number of nitrogens with zero attached hydrogens (tertiary/aromatic N) is 4. The van der Waals surface area contributed by atoms with Crippen LogP contribution in [0.3, 0.4) is 0 Å². The van der Waals surface area contributed by atoms with Crippen LogP contribution in [0.5, 0.6) is 0 Å². The topological polar surface area (TPSA) is 13.0 Å². The minimum atomic E-state index is -1.63. The zero-order chi connectivity index (χ0) is 76.3. The van der Waals surface area contributed by atoms with Crippen LogP contribution in [0.15, 0.2) is 243 Å². The second kappa shape index (κ2) is 28.2. The number of rotatable bonds is 16. The fraction of sp³-hybridized carbons (Fsp3) is 0.261. The van der Waals surface area contributed by atoms with E-state index in [1.54, 1.807) is 0 Å². The van der Waals surface area contributed by atoms with Gasteiger partial charge in [-0.05, 0) is 124 Å². The lowest BCUT2D eigenvalue weighted by molar-refractivity contribution is 1.26. The van der Waals surface area contributed by atoms with E-state index in [9.17, 15) is 0 Å². The van der Waals surface area contributed by atoms with Crippen LogP contribution in [0.4, 0.5) is 68.2 Å². The van der Waals surface area contributed by atoms with E-state index >= 15 is 0 Å². The van der Waals surface area contributed by atoms with E-state index in [0.717, 1.165) is 49.9 Å². The molecule has 0 saturated carbocycles. The molecule has 0 saturated heterocycles. The van der Waals surface area contributed by atoms with E-state index in [1.807, 2.05) is 0 Å². The Morgan fingerprint density at radius 2 is 0.566 bits per heavy atom. The zero-order valence-corrected chi connectivity index (χ0v) is 76.6. The average Bonchev–Trinajstić information content (AvgIpc) is 0.688. The van der Waals surface area contributed by atoms with Gasteiger partial charge in [0.1, 0.15) is 0 Å². The van der Waals surface area contributed by atoms with Crippen molar-refractivity contribution in [3.63, 3.8) is 0 Å². The highest BCUT2D eigenvalue weighted by Crippen LogP contribution is 2.52. The first-order valence-electron chi connectivity index (χ1n) is 38.5. The minimum Gasteiger partial charge on any atom is -0.311 e. The number of anilines is 12. The molecule has 4 nitrogen and oxygen atoms in total. The van der Waals surface area contributed by atoms with Crippen molar-refractivity contribution in [2.75, 3.05) is 19.6 Å². The van der Waals surface area contributed by atoms with E-state index in [0.29, 0.717) is 0 Å². The molecule has 12 aromatic carbocycles. The molecule has 2 heterocycles.